The van der Waals surface area contributed by atoms with Crippen molar-refractivity contribution in [1.82, 2.24) is 10.3 Å². The number of esters is 1. The maximum atomic E-state index is 16.9. The smallest absolute Gasteiger partial charge is 0.314 e. The van der Waals surface area contributed by atoms with E-state index in [4.69, 9.17) is 16.2 Å². The first-order chi connectivity index (χ1) is 42.7. The van der Waals surface area contributed by atoms with E-state index >= 15 is 14.7 Å². The fourth-order valence-electron chi connectivity index (χ4n) is 21.4. The van der Waals surface area contributed by atoms with Crippen LogP contribution in [0.15, 0.2) is 70.6 Å². The number of aliphatic hydroxyl groups excluding tert-OH is 4. The summed E-state index contributed by atoms with van der Waals surface area (Å²) in [5.74, 6) is 3.31. The Kier molecular flexibility index (Phi) is 18.8. The Morgan fingerprint density at radius 2 is 1.67 bits per heavy atom. The maximum absolute atomic E-state index is 16.9. The molecule has 0 spiro atoms. The average molecular weight is 1260 g/mol. The number of rotatable bonds is 9. The summed E-state index contributed by atoms with van der Waals surface area (Å²) >= 11 is 0. The number of aliphatic imine (C=N–C) groups is 1. The van der Waals surface area contributed by atoms with E-state index in [1.165, 1.54) is 16.4 Å². The van der Waals surface area contributed by atoms with Gasteiger partial charge in [0, 0.05) is 84.2 Å². The topological polar surface area (TPSA) is 294 Å². The second-order valence-electron chi connectivity index (χ2n) is 29.8. The third-order valence-electron chi connectivity index (χ3n) is 25.3. The minimum atomic E-state index is -1.97. The monoisotopic (exact) mass is 1260 g/mol. The van der Waals surface area contributed by atoms with E-state index < -0.39 is 88.5 Å². The Hall–Kier alpha value is -4.32. The lowest BCUT2D eigenvalue weighted by Gasteiger charge is -2.66. The number of phenolic OH excluding ortho intramolecular Hbond substituents is 1. The van der Waals surface area contributed by atoms with Crippen molar-refractivity contribution in [3.63, 3.8) is 0 Å². The third kappa shape index (κ3) is 11.4. The van der Waals surface area contributed by atoms with Crippen LogP contribution in [0.25, 0.3) is 0 Å². The summed E-state index contributed by atoms with van der Waals surface area (Å²) in [4.78, 5) is 54.1. The molecule has 16 nitrogen and oxygen atoms in total. The summed E-state index contributed by atoms with van der Waals surface area (Å²) in [6, 6.07) is 7.43. The van der Waals surface area contributed by atoms with Gasteiger partial charge in [-0.1, -0.05) is 91.3 Å². The normalized spacial score (nSPS) is 43.7. The summed E-state index contributed by atoms with van der Waals surface area (Å²) in [7, 11) is 3.07. The van der Waals surface area contributed by atoms with Crippen LogP contribution in [0.1, 0.15) is 173 Å². The SMILES string of the molecule is CCC1OC(=O)C(c2cc[nH]c2)C1C1C#CCC2CC3(O)C4=C5NC(CO)C(=O)CC(c6ccc(O)cc6)CSSCC6C(O)C(O)CC(C7CCCCC7)(C4CCC3(CCN=C(N)N)C2C(C)(O)C(O)CC(C)C2CC=C3CCC(C)CC3C2C1)C6C5=O. The lowest BCUT2D eigenvalue weighted by molar-refractivity contribution is -0.205. The van der Waals surface area contributed by atoms with E-state index in [1.54, 1.807) is 42.0 Å². The molecule has 23 atom stereocenters. The van der Waals surface area contributed by atoms with Crippen molar-refractivity contribution < 1.29 is 54.9 Å². The fourth-order valence-corrected chi connectivity index (χ4v) is 24.2. The van der Waals surface area contributed by atoms with Crippen LogP contribution in [-0.4, -0.2) is 131 Å². The number of aromatic nitrogens is 1. The Morgan fingerprint density at radius 3 is 2.39 bits per heavy atom. The summed E-state index contributed by atoms with van der Waals surface area (Å²) in [5, 5.41) is 92.9. The molecule has 12 rings (SSSR count). The van der Waals surface area contributed by atoms with Crippen LogP contribution >= 0.6 is 21.6 Å². The standard InChI is InChI=1S/C71H99N5O11S2/c1-5-56-58(59(66(84)87-56)44-23-26-74-34-44)42-10-9-11-43-32-71(86)61-52(22-24-69(71,25-27-75-67(72)73)65(43)68(4,85)57(81)29-39(3)48-21-18-41-15-14-38(2)28-49(41)50(48)30-42)70(46-12-7-6-8-13-46)33-55(80)63(82)51-37-89-88-36-45(40-16-19-47(78)20-17-40)31-54(79)53(35-77)76-62(61)64(83)60(51)70/h16-20,23,26,34,38-39,42-43,45-46,48-53,55-60,63,65,74,76-78,80-82,85-86H,5-8,11-15,21-22,24-25,27-33,35-37H2,1-4H3,(H4,72,73,75). The highest BCUT2D eigenvalue weighted by Gasteiger charge is 2.76. The number of allylic oxidation sites excluding steroid dienone is 3. The molecule has 23 unspecified atom stereocenters. The van der Waals surface area contributed by atoms with Crippen molar-refractivity contribution in [3.05, 3.63) is 76.8 Å². The number of benzene rings is 1. The lowest BCUT2D eigenvalue weighted by Crippen LogP contribution is -2.69. The second kappa shape index (κ2) is 25.9. The molecular formula is C71H99N5O11S2. The van der Waals surface area contributed by atoms with Crippen molar-refractivity contribution in [2.24, 2.45) is 104 Å². The van der Waals surface area contributed by atoms with Crippen LogP contribution in [0, 0.1) is 99.6 Å². The summed E-state index contributed by atoms with van der Waals surface area (Å²) in [6.07, 6.45) is 13.3. The van der Waals surface area contributed by atoms with Gasteiger partial charge in [-0.3, -0.25) is 19.4 Å². The first-order valence-corrected chi connectivity index (χ1v) is 36.4. The van der Waals surface area contributed by atoms with E-state index in [1.807, 2.05) is 18.5 Å². The second-order valence-corrected chi connectivity index (χ2v) is 32.3. The van der Waals surface area contributed by atoms with Crippen molar-refractivity contribution >= 4 is 45.1 Å². The summed E-state index contributed by atoms with van der Waals surface area (Å²) in [6.45, 7) is 7.74. The van der Waals surface area contributed by atoms with Crippen LogP contribution in [0.4, 0.5) is 0 Å². The van der Waals surface area contributed by atoms with Crippen LogP contribution in [0.5, 0.6) is 5.75 Å². The van der Waals surface area contributed by atoms with Crippen LogP contribution in [-0.2, 0) is 19.1 Å². The van der Waals surface area contributed by atoms with Gasteiger partial charge in [-0.15, -0.1) is 5.92 Å². The number of nitrogens with one attached hydrogen (secondary N) is 2. The Labute approximate surface area is 533 Å². The molecular weight excluding hydrogens is 1160 g/mol. The van der Waals surface area contributed by atoms with Crippen LogP contribution in [0.2, 0.25) is 0 Å². The number of carbonyl (C=O) groups is 3. The molecule has 10 aliphatic rings. The highest BCUT2D eigenvalue weighted by Crippen LogP contribution is 2.75. The van der Waals surface area contributed by atoms with E-state index in [0.717, 1.165) is 75.3 Å². The van der Waals surface area contributed by atoms with Crippen LogP contribution < -0.4 is 16.8 Å². The Bertz CT molecular complexity index is 3080. The fraction of sp³-hybridized carbons (Fsp3) is 0.718. The predicted octanol–water partition coefficient (Wildman–Crippen LogP) is 8.58. The highest BCUT2D eigenvalue weighted by atomic mass is 33.1. The number of nitrogens with two attached hydrogens (primary N) is 2. The molecule has 8 aliphatic carbocycles. The van der Waals surface area contributed by atoms with Crippen molar-refractivity contribution in [2.45, 2.75) is 203 Å². The number of nitrogens with zero attached hydrogens (tertiary/aromatic N) is 1. The van der Waals surface area contributed by atoms with E-state index in [-0.39, 0.29) is 128 Å². The molecule has 2 bridgehead atoms. The quantitative estimate of drug-likeness (QED) is 0.0280. The van der Waals surface area contributed by atoms with E-state index in [0.29, 0.717) is 48.2 Å². The van der Waals surface area contributed by atoms with E-state index in [9.17, 15) is 35.4 Å². The number of hydrogen-bond acceptors (Lipinski definition) is 15. The molecule has 1 aromatic carbocycles. The van der Waals surface area contributed by atoms with E-state index in [2.05, 4.69) is 54.0 Å². The van der Waals surface area contributed by atoms with Gasteiger partial charge in [0.1, 0.15) is 17.9 Å². The van der Waals surface area contributed by atoms with Crippen molar-refractivity contribution in [1.29, 1.82) is 0 Å². The molecule has 7 fully saturated rings. The molecule has 18 heteroatoms. The zero-order valence-electron chi connectivity index (χ0n) is 52.6. The van der Waals surface area contributed by atoms with Gasteiger partial charge in [-0.2, -0.15) is 0 Å². The molecule has 5 saturated carbocycles. The Balaban J connectivity index is 1.06. The number of fused-ring (bicyclic) bond motifs is 10. The van der Waals surface area contributed by atoms with Gasteiger partial charge in [0.05, 0.1) is 47.7 Å². The molecule has 2 aliphatic heterocycles. The molecule has 1 aromatic heterocycles. The number of guanidine groups is 1. The molecule has 0 amide bonds. The zero-order chi connectivity index (χ0) is 62.9. The molecule has 2 saturated heterocycles. The van der Waals surface area contributed by atoms with Gasteiger partial charge >= 0.3 is 5.97 Å². The molecule has 0 radical (unpaired) electrons. The van der Waals surface area contributed by atoms with Gasteiger partial charge in [0.25, 0.3) is 0 Å². The van der Waals surface area contributed by atoms with Gasteiger partial charge in [-0.25, -0.2) is 0 Å². The number of aromatic hydroxyl groups is 1. The Morgan fingerprint density at radius 1 is 0.910 bits per heavy atom. The number of H-pyrrole nitrogens is 1. The number of ether oxygens (including phenoxy) is 1. The zero-order valence-corrected chi connectivity index (χ0v) is 54.2. The van der Waals surface area contributed by atoms with Gasteiger partial charge in [-0.05, 0) is 184 Å². The molecule has 13 N–H and O–H groups in total. The number of aliphatic hydroxyl groups is 6. The number of ketones is 2. The molecule has 486 valence electrons. The number of phenols is 1. The first kappa shape index (κ1) is 64.8. The number of cyclic esters (lactones) is 1. The number of hydrogen-bond donors (Lipinski definition) is 11. The summed E-state index contributed by atoms with van der Waals surface area (Å²) in [5.41, 5.74) is 9.83. The lowest BCUT2D eigenvalue weighted by atomic mass is 9.39. The third-order valence-corrected chi connectivity index (χ3v) is 27.8. The number of aromatic amines is 1. The number of carbonyl (C=O) groups excluding carboxylic acids is 3. The minimum Gasteiger partial charge on any atom is -0.508 e. The largest absolute Gasteiger partial charge is 0.508 e. The van der Waals surface area contributed by atoms with Gasteiger partial charge in [0.15, 0.2) is 17.5 Å². The summed E-state index contributed by atoms with van der Waals surface area (Å²) < 4.78 is 6.35. The van der Waals surface area contributed by atoms with Crippen LogP contribution in [0.3, 0.4) is 0 Å². The van der Waals surface area contributed by atoms with Crippen molar-refractivity contribution in [2.75, 3.05) is 24.7 Å². The van der Waals surface area contributed by atoms with Gasteiger partial charge in [0.2, 0.25) is 0 Å². The molecule has 89 heavy (non-hydrogen) atoms. The number of Topliss-reactive ketones (excluding diaryl/α,β-unsaturated/α-hetero) is 2. The van der Waals surface area contributed by atoms with Crippen molar-refractivity contribution in [3.8, 4) is 17.6 Å². The molecule has 3 heterocycles. The minimum absolute atomic E-state index is 0.00179. The highest BCUT2D eigenvalue weighted by molar-refractivity contribution is 8.76. The first-order valence-electron chi connectivity index (χ1n) is 33.9. The van der Waals surface area contributed by atoms with Gasteiger partial charge < -0.3 is 62.3 Å². The predicted molar refractivity (Wildman–Crippen MR) is 345 cm³/mol. The average Bonchev–Trinajstić information content (AvgIpc) is 1.65. The molecule has 2 aromatic rings. The maximum Gasteiger partial charge on any atom is 0.314 e.